The maximum absolute atomic E-state index is 7.00. The molecule has 162 valence electrons. The van der Waals surface area contributed by atoms with Gasteiger partial charge < -0.3 is 20.3 Å². The van der Waals surface area contributed by atoms with Gasteiger partial charge in [0.05, 0.1) is 0 Å². The van der Waals surface area contributed by atoms with E-state index in [4.69, 9.17) is 20.3 Å². The van der Waals surface area contributed by atoms with E-state index >= 15 is 0 Å². The van der Waals surface area contributed by atoms with Gasteiger partial charge in [-0.15, -0.1) is 0 Å². The normalized spacial score (nSPS) is 10.9. The van der Waals surface area contributed by atoms with Crippen molar-refractivity contribution in [2.24, 2.45) is 0 Å². The third-order valence-corrected chi connectivity index (χ3v) is 5.48. The standard InChI is InChI=1S/C19H34N.3CH4O.Zr/c1-10-17(4,5)14-13-15(18(6,7)11-2)20-16(14)19(8,9)12-3;3*1-2;/h13H,10-12H2,1-9H3;3*2H,1H3;/q-1;;;;. The van der Waals surface area contributed by atoms with E-state index in [1.165, 1.54) is 17.0 Å². The quantitative estimate of drug-likeness (QED) is 0.579. The van der Waals surface area contributed by atoms with Crippen LogP contribution in [0.4, 0.5) is 0 Å². The summed E-state index contributed by atoms with van der Waals surface area (Å²) in [5, 5.41) is 21.0. The van der Waals surface area contributed by atoms with E-state index in [9.17, 15) is 0 Å². The average molecular weight is 464 g/mol. The molecule has 1 aromatic rings. The van der Waals surface area contributed by atoms with Gasteiger partial charge in [-0.05, 0) is 35.5 Å². The number of hydrogen-bond acceptors (Lipinski definition) is 3. The summed E-state index contributed by atoms with van der Waals surface area (Å²) in [6.45, 7) is 20.8. The van der Waals surface area contributed by atoms with Gasteiger partial charge in [0.2, 0.25) is 0 Å². The zero-order valence-electron chi connectivity index (χ0n) is 20.0. The number of aliphatic hydroxyl groups is 3. The minimum absolute atomic E-state index is 0. The third-order valence-electron chi connectivity index (χ3n) is 5.48. The van der Waals surface area contributed by atoms with Crippen molar-refractivity contribution in [1.82, 2.24) is 4.98 Å². The van der Waals surface area contributed by atoms with Crippen LogP contribution in [0.3, 0.4) is 0 Å². The molecule has 0 saturated carbocycles. The molecule has 5 heteroatoms. The molecule has 0 aliphatic carbocycles. The molecule has 0 fully saturated rings. The third kappa shape index (κ3) is 9.88. The molecule has 3 N–H and O–H groups in total. The monoisotopic (exact) mass is 462 g/mol. The molecule has 0 aliphatic rings. The molecule has 0 spiro atoms. The summed E-state index contributed by atoms with van der Waals surface area (Å²) in [5.41, 5.74) is 4.58. The van der Waals surface area contributed by atoms with Gasteiger partial charge in [-0.3, -0.25) is 0 Å². The van der Waals surface area contributed by atoms with E-state index in [-0.39, 0.29) is 42.4 Å². The van der Waals surface area contributed by atoms with Crippen molar-refractivity contribution in [3.63, 3.8) is 0 Å². The number of hydrogen-bond donors (Lipinski definition) is 3. The first kappa shape index (κ1) is 34.5. The van der Waals surface area contributed by atoms with Crippen molar-refractivity contribution in [1.29, 1.82) is 0 Å². The van der Waals surface area contributed by atoms with Crippen LogP contribution in [-0.4, -0.2) is 36.6 Å². The fourth-order valence-corrected chi connectivity index (χ4v) is 2.34. The fraction of sp³-hybridized carbons (Fsp3) is 0.818. The largest absolute Gasteiger partial charge is 0.664 e. The van der Waals surface area contributed by atoms with Crippen LogP contribution in [0.2, 0.25) is 0 Å². The molecule has 0 saturated heterocycles. The van der Waals surface area contributed by atoms with E-state index in [0.717, 1.165) is 40.6 Å². The van der Waals surface area contributed by atoms with Gasteiger partial charge in [0, 0.05) is 47.5 Å². The first-order valence-corrected chi connectivity index (χ1v) is 9.55. The van der Waals surface area contributed by atoms with Crippen molar-refractivity contribution in [3.05, 3.63) is 23.0 Å². The summed E-state index contributed by atoms with van der Waals surface area (Å²) in [4.78, 5) is 5.11. The van der Waals surface area contributed by atoms with Crippen LogP contribution >= 0.6 is 0 Å². The Bertz CT molecular complexity index is 433. The first-order chi connectivity index (χ1) is 12.0. The van der Waals surface area contributed by atoms with E-state index in [2.05, 4.69) is 68.4 Å². The van der Waals surface area contributed by atoms with Gasteiger partial charge >= 0.3 is 0 Å². The van der Waals surface area contributed by atoms with Gasteiger partial charge in [0.25, 0.3) is 0 Å². The number of aromatic nitrogens is 1. The molecule has 0 atom stereocenters. The Morgan fingerprint density at radius 1 is 0.667 bits per heavy atom. The SMILES string of the molecule is CCC(C)(C)c1cc(C(C)(C)CC)c(C(C)(C)CC)[n-]1.CO.CO.CO.[Zr]. The average Bonchev–Trinajstić information content (AvgIpc) is 3.15. The Balaban J connectivity index is -0.000000342. The molecule has 1 rings (SSSR count). The first-order valence-electron chi connectivity index (χ1n) is 9.55. The summed E-state index contributed by atoms with van der Waals surface area (Å²) in [7, 11) is 3.00. The van der Waals surface area contributed by atoms with Gasteiger partial charge in [-0.2, -0.15) is 11.4 Å². The van der Waals surface area contributed by atoms with E-state index in [1.54, 1.807) is 0 Å². The fourth-order valence-electron chi connectivity index (χ4n) is 2.34. The maximum Gasteiger partial charge on any atom is 0.0319 e. The second-order valence-corrected chi connectivity index (χ2v) is 8.12. The Labute approximate surface area is 188 Å². The van der Waals surface area contributed by atoms with Gasteiger partial charge in [0.1, 0.15) is 0 Å². The second-order valence-electron chi connectivity index (χ2n) is 8.12. The molecular weight excluding hydrogens is 417 g/mol. The Morgan fingerprint density at radius 2 is 1.00 bits per heavy atom. The number of rotatable bonds is 6. The topological polar surface area (TPSA) is 74.8 Å². The molecule has 0 bridgehead atoms. The molecule has 4 nitrogen and oxygen atoms in total. The summed E-state index contributed by atoms with van der Waals surface area (Å²) >= 11 is 0. The van der Waals surface area contributed by atoms with Gasteiger partial charge in [0.15, 0.2) is 0 Å². The van der Waals surface area contributed by atoms with Gasteiger partial charge in [-0.25, -0.2) is 0 Å². The van der Waals surface area contributed by atoms with Crippen LogP contribution in [-0.2, 0) is 42.4 Å². The number of aliphatic hydroxyl groups excluding tert-OH is 3. The minimum atomic E-state index is 0. The molecule has 1 heterocycles. The molecule has 0 radical (unpaired) electrons. The summed E-state index contributed by atoms with van der Waals surface area (Å²) in [6, 6.07) is 2.39. The van der Waals surface area contributed by atoms with Gasteiger partial charge in [-0.1, -0.05) is 73.9 Å². The Morgan fingerprint density at radius 3 is 1.30 bits per heavy atom. The predicted octanol–water partition coefficient (Wildman–Crippen LogP) is 4.53. The molecule has 0 aliphatic heterocycles. The van der Waals surface area contributed by atoms with Crippen LogP contribution in [0.15, 0.2) is 6.07 Å². The van der Waals surface area contributed by atoms with Crippen LogP contribution in [0, 0.1) is 0 Å². The van der Waals surface area contributed by atoms with Crippen LogP contribution in [0.1, 0.15) is 98.5 Å². The zero-order chi connectivity index (χ0) is 21.8. The summed E-state index contributed by atoms with van der Waals surface area (Å²) < 4.78 is 0. The Hall–Kier alpha value is 0.0431. The molecular formula is C22H46NO3Zr-. The molecule has 27 heavy (non-hydrogen) atoms. The molecule has 0 amide bonds. The summed E-state index contributed by atoms with van der Waals surface area (Å²) in [5.74, 6) is 0. The molecule has 1 aromatic heterocycles. The van der Waals surface area contributed by atoms with Crippen LogP contribution < -0.4 is 4.98 Å². The zero-order valence-corrected chi connectivity index (χ0v) is 22.4. The van der Waals surface area contributed by atoms with E-state index in [1.807, 2.05) is 0 Å². The van der Waals surface area contributed by atoms with Crippen molar-refractivity contribution < 1.29 is 41.5 Å². The van der Waals surface area contributed by atoms with Crippen molar-refractivity contribution in [2.45, 2.75) is 97.8 Å². The van der Waals surface area contributed by atoms with Crippen LogP contribution in [0.25, 0.3) is 0 Å². The van der Waals surface area contributed by atoms with E-state index < -0.39 is 0 Å². The number of nitrogens with zero attached hydrogens (tertiary/aromatic N) is 1. The van der Waals surface area contributed by atoms with Crippen molar-refractivity contribution >= 4 is 0 Å². The predicted molar refractivity (Wildman–Crippen MR) is 114 cm³/mol. The smallest absolute Gasteiger partial charge is 0.0319 e. The minimum Gasteiger partial charge on any atom is -0.664 e. The second kappa shape index (κ2) is 15.9. The molecule has 0 unspecified atom stereocenters. The van der Waals surface area contributed by atoms with Crippen molar-refractivity contribution in [2.75, 3.05) is 21.3 Å². The molecule has 0 aromatic carbocycles. The Kier molecular flexibility index (Phi) is 20.4. The van der Waals surface area contributed by atoms with Crippen molar-refractivity contribution in [3.8, 4) is 0 Å². The van der Waals surface area contributed by atoms with Crippen LogP contribution in [0.5, 0.6) is 0 Å². The van der Waals surface area contributed by atoms with E-state index in [0.29, 0.717) is 0 Å². The summed E-state index contributed by atoms with van der Waals surface area (Å²) in [6.07, 6.45) is 3.41. The maximum atomic E-state index is 7.00.